The van der Waals surface area contributed by atoms with Crippen molar-refractivity contribution < 1.29 is 0 Å². The molecule has 0 saturated carbocycles. The number of nitrogens with zero attached hydrogens (tertiary/aromatic N) is 5. The van der Waals surface area contributed by atoms with Gasteiger partial charge in [-0.05, 0) is 55.6 Å². The standard InChI is InChI=1S/C21H22N6S/c22-21-23-20-18(7-4-8-19(20)28-21)15-9-11-26(12-10-15)13-16-14-27(25-24-16)17-5-2-1-3-6-17/h1-8,14-15H,9-13H2,(H2,22,23). The van der Waals surface area contributed by atoms with Crippen molar-refractivity contribution in [1.82, 2.24) is 24.9 Å². The van der Waals surface area contributed by atoms with Crippen molar-refractivity contribution in [2.45, 2.75) is 25.3 Å². The minimum atomic E-state index is 0.543. The van der Waals surface area contributed by atoms with Crippen LogP contribution in [-0.4, -0.2) is 38.0 Å². The molecule has 0 unspecified atom stereocenters. The summed E-state index contributed by atoms with van der Waals surface area (Å²) in [5.41, 5.74) is 10.4. The summed E-state index contributed by atoms with van der Waals surface area (Å²) in [6.45, 7) is 2.95. The molecular formula is C21H22N6S. The number of rotatable bonds is 4. The van der Waals surface area contributed by atoms with E-state index in [1.165, 1.54) is 10.3 Å². The highest BCUT2D eigenvalue weighted by atomic mass is 32.1. The fraction of sp³-hybridized carbons (Fsp3) is 0.286. The number of para-hydroxylation sites is 2. The van der Waals surface area contributed by atoms with E-state index >= 15 is 0 Å². The third-order valence-corrected chi connectivity index (χ3v) is 6.29. The van der Waals surface area contributed by atoms with Gasteiger partial charge in [0, 0.05) is 6.54 Å². The Morgan fingerprint density at radius 1 is 1.04 bits per heavy atom. The Kier molecular flexibility index (Phi) is 4.54. The van der Waals surface area contributed by atoms with Crippen LogP contribution in [0.25, 0.3) is 15.9 Å². The molecule has 0 amide bonds. The fourth-order valence-electron chi connectivity index (χ4n) is 4.03. The predicted octanol–water partition coefficient (Wildman–Crippen LogP) is 3.84. The quantitative estimate of drug-likeness (QED) is 0.573. The molecule has 1 fully saturated rings. The monoisotopic (exact) mass is 390 g/mol. The highest BCUT2D eigenvalue weighted by Gasteiger charge is 2.23. The van der Waals surface area contributed by atoms with Gasteiger partial charge in [0.15, 0.2) is 5.13 Å². The number of anilines is 1. The van der Waals surface area contributed by atoms with Crippen molar-refractivity contribution in [2.75, 3.05) is 18.8 Å². The lowest BCUT2D eigenvalue weighted by Crippen LogP contribution is -2.32. The summed E-state index contributed by atoms with van der Waals surface area (Å²) >= 11 is 1.57. The summed E-state index contributed by atoms with van der Waals surface area (Å²) in [7, 11) is 0. The minimum absolute atomic E-state index is 0.543. The van der Waals surface area contributed by atoms with Gasteiger partial charge in [0.2, 0.25) is 0 Å². The number of piperidine rings is 1. The second kappa shape index (κ2) is 7.33. The van der Waals surface area contributed by atoms with Crippen LogP contribution >= 0.6 is 11.3 Å². The first kappa shape index (κ1) is 17.3. The van der Waals surface area contributed by atoms with Gasteiger partial charge in [0.05, 0.1) is 27.8 Å². The number of thiazole rings is 1. The minimum Gasteiger partial charge on any atom is -0.375 e. The van der Waals surface area contributed by atoms with E-state index < -0.39 is 0 Å². The number of hydrogen-bond acceptors (Lipinski definition) is 6. The summed E-state index contributed by atoms with van der Waals surface area (Å²) in [4.78, 5) is 7.03. The van der Waals surface area contributed by atoms with E-state index in [0.717, 1.165) is 49.4 Å². The first-order valence-corrected chi connectivity index (χ1v) is 10.4. The number of nitrogens with two attached hydrogens (primary N) is 1. The summed E-state index contributed by atoms with van der Waals surface area (Å²) < 4.78 is 3.03. The van der Waals surface area contributed by atoms with Gasteiger partial charge in [0.25, 0.3) is 0 Å². The lowest BCUT2D eigenvalue weighted by atomic mass is 9.89. The van der Waals surface area contributed by atoms with Crippen LogP contribution in [0.2, 0.25) is 0 Å². The molecule has 0 aliphatic carbocycles. The highest BCUT2D eigenvalue weighted by Crippen LogP contribution is 2.35. The number of fused-ring (bicyclic) bond motifs is 1. The van der Waals surface area contributed by atoms with Crippen molar-refractivity contribution in [1.29, 1.82) is 0 Å². The summed E-state index contributed by atoms with van der Waals surface area (Å²) in [6, 6.07) is 16.6. The Bertz CT molecular complexity index is 1080. The van der Waals surface area contributed by atoms with Gasteiger partial charge >= 0.3 is 0 Å². The molecule has 6 nitrogen and oxygen atoms in total. The molecule has 0 spiro atoms. The molecule has 5 rings (SSSR count). The second-order valence-electron chi connectivity index (χ2n) is 7.29. The molecule has 7 heteroatoms. The first-order chi connectivity index (χ1) is 13.8. The van der Waals surface area contributed by atoms with Crippen molar-refractivity contribution in [2.24, 2.45) is 0 Å². The Morgan fingerprint density at radius 3 is 2.68 bits per heavy atom. The van der Waals surface area contributed by atoms with E-state index in [9.17, 15) is 0 Å². The number of nitrogen functional groups attached to an aromatic ring is 1. The Morgan fingerprint density at radius 2 is 1.86 bits per heavy atom. The third kappa shape index (κ3) is 3.39. The maximum Gasteiger partial charge on any atom is 0.181 e. The van der Waals surface area contributed by atoms with Crippen LogP contribution in [0.5, 0.6) is 0 Å². The highest BCUT2D eigenvalue weighted by molar-refractivity contribution is 7.22. The molecule has 4 aromatic rings. The number of aromatic nitrogens is 4. The average Bonchev–Trinajstić information content (AvgIpc) is 3.35. The predicted molar refractivity (Wildman–Crippen MR) is 113 cm³/mol. The van der Waals surface area contributed by atoms with Crippen LogP contribution in [0.4, 0.5) is 5.13 Å². The van der Waals surface area contributed by atoms with E-state index in [1.807, 2.05) is 41.2 Å². The van der Waals surface area contributed by atoms with Gasteiger partial charge in [-0.2, -0.15) is 0 Å². The summed E-state index contributed by atoms with van der Waals surface area (Å²) in [5.74, 6) is 0.543. The fourth-order valence-corrected chi connectivity index (χ4v) is 4.79. The SMILES string of the molecule is Nc1nc2c(C3CCN(Cc4cn(-c5ccccc5)nn4)CC3)cccc2s1. The van der Waals surface area contributed by atoms with Gasteiger partial charge in [-0.1, -0.05) is 46.9 Å². The molecule has 3 heterocycles. The zero-order valence-electron chi connectivity index (χ0n) is 15.5. The van der Waals surface area contributed by atoms with Crippen molar-refractivity contribution in [3.05, 3.63) is 66.0 Å². The van der Waals surface area contributed by atoms with Gasteiger partial charge < -0.3 is 5.73 Å². The van der Waals surface area contributed by atoms with E-state index in [0.29, 0.717) is 11.0 Å². The maximum absolute atomic E-state index is 5.93. The number of benzene rings is 2. The van der Waals surface area contributed by atoms with Crippen molar-refractivity contribution >= 4 is 26.7 Å². The zero-order chi connectivity index (χ0) is 18.9. The van der Waals surface area contributed by atoms with E-state index in [2.05, 4.69) is 38.4 Å². The summed E-state index contributed by atoms with van der Waals surface area (Å²) in [5, 5.41) is 9.28. The molecule has 0 atom stereocenters. The van der Waals surface area contributed by atoms with Crippen LogP contribution in [0.3, 0.4) is 0 Å². The third-order valence-electron chi connectivity index (χ3n) is 5.44. The maximum atomic E-state index is 5.93. The largest absolute Gasteiger partial charge is 0.375 e. The van der Waals surface area contributed by atoms with Gasteiger partial charge in [-0.15, -0.1) is 5.10 Å². The number of hydrogen-bond donors (Lipinski definition) is 1. The lowest BCUT2D eigenvalue weighted by Gasteiger charge is -2.31. The van der Waals surface area contributed by atoms with Crippen LogP contribution in [0.15, 0.2) is 54.7 Å². The molecular weight excluding hydrogens is 368 g/mol. The molecule has 2 aromatic carbocycles. The summed E-state index contributed by atoms with van der Waals surface area (Å²) in [6.07, 6.45) is 4.28. The van der Waals surface area contributed by atoms with Crippen LogP contribution < -0.4 is 5.73 Å². The Balaban J connectivity index is 1.25. The van der Waals surface area contributed by atoms with Crippen LogP contribution in [0.1, 0.15) is 30.0 Å². The molecule has 1 aliphatic heterocycles. The molecule has 1 aliphatic rings. The smallest absolute Gasteiger partial charge is 0.181 e. The van der Waals surface area contributed by atoms with Crippen LogP contribution in [0, 0.1) is 0 Å². The number of likely N-dealkylation sites (tertiary alicyclic amines) is 1. The zero-order valence-corrected chi connectivity index (χ0v) is 16.3. The van der Waals surface area contributed by atoms with E-state index in [1.54, 1.807) is 11.3 Å². The van der Waals surface area contributed by atoms with Gasteiger partial charge in [-0.3, -0.25) is 4.90 Å². The van der Waals surface area contributed by atoms with Crippen molar-refractivity contribution in [3.63, 3.8) is 0 Å². The van der Waals surface area contributed by atoms with E-state index in [-0.39, 0.29) is 0 Å². The first-order valence-electron chi connectivity index (χ1n) is 9.60. The Labute approximate surface area is 167 Å². The topological polar surface area (TPSA) is 72.9 Å². The lowest BCUT2D eigenvalue weighted by molar-refractivity contribution is 0.203. The second-order valence-corrected chi connectivity index (χ2v) is 8.35. The molecule has 1 saturated heterocycles. The average molecular weight is 391 g/mol. The van der Waals surface area contributed by atoms with E-state index in [4.69, 9.17) is 5.73 Å². The van der Waals surface area contributed by atoms with Crippen LogP contribution in [-0.2, 0) is 6.54 Å². The normalized spacial score (nSPS) is 16.0. The molecule has 28 heavy (non-hydrogen) atoms. The molecule has 2 aromatic heterocycles. The molecule has 0 radical (unpaired) electrons. The van der Waals surface area contributed by atoms with Gasteiger partial charge in [-0.25, -0.2) is 9.67 Å². The Hall–Kier alpha value is -2.77. The molecule has 0 bridgehead atoms. The van der Waals surface area contributed by atoms with Gasteiger partial charge in [0.1, 0.15) is 0 Å². The van der Waals surface area contributed by atoms with Crippen molar-refractivity contribution in [3.8, 4) is 5.69 Å². The molecule has 142 valence electrons. The molecule has 2 N–H and O–H groups in total.